The Kier molecular flexibility index (Phi) is 13.1. The van der Waals surface area contributed by atoms with E-state index in [1.54, 1.807) is 55.3 Å². The van der Waals surface area contributed by atoms with E-state index in [0.29, 0.717) is 68.5 Å². The Balaban J connectivity index is 1.34. The number of hydrogen-bond donors (Lipinski definition) is 0. The highest BCUT2D eigenvalue weighted by molar-refractivity contribution is 7.99. The van der Waals surface area contributed by atoms with E-state index in [-0.39, 0.29) is 30.4 Å². The summed E-state index contributed by atoms with van der Waals surface area (Å²) in [6.45, 7) is 1.56. The first-order chi connectivity index (χ1) is 19.0. The zero-order valence-electron chi connectivity index (χ0n) is 22.4. The van der Waals surface area contributed by atoms with Gasteiger partial charge >= 0.3 is 17.9 Å². The fraction of sp³-hybridized carbons (Fsp3) is 0.483. The Labute approximate surface area is 233 Å². The minimum Gasteiger partial charge on any atom is -0.494 e. The van der Waals surface area contributed by atoms with Gasteiger partial charge in [-0.3, -0.25) is 9.59 Å². The fourth-order valence-corrected chi connectivity index (χ4v) is 4.76. The summed E-state index contributed by atoms with van der Waals surface area (Å²) < 4.78 is 31.5. The van der Waals surface area contributed by atoms with Crippen LogP contribution in [-0.2, 0) is 28.6 Å². The van der Waals surface area contributed by atoms with Gasteiger partial charge in [0.2, 0.25) is 0 Å². The zero-order valence-corrected chi connectivity index (χ0v) is 23.2. The van der Waals surface area contributed by atoms with Crippen molar-refractivity contribution >= 4 is 29.7 Å². The minimum atomic E-state index is -0.401. The summed E-state index contributed by atoms with van der Waals surface area (Å²) in [6.07, 6.45) is 3.10. The molecule has 1 aliphatic rings. The standard InChI is InChI=1S/C29H36O9S/c1-33-16-3-17-36-23-8-10-24(11-9-23)37-28(31)21-4-6-22(7-5-21)29(32)38-25-12-14-26(15-13-25)39-19-18-35-20-27(30)34-2/h8-15,21-22H,3-7,16-20H2,1-2H3/t21-,22-. The number of thioether (sulfide) groups is 1. The Morgan fingerprint density at radius 1 is 0.744 bits per heavy atom. The molecule has 212 valence electrons. The van der Waals surface area contributed by atoms with E-state index < -0.39 is 5.97 Å². The van der Waals surface area contributed by atoms with Crippen LogP contribution in [0.4, 0.5) is 0 Å². The first-order valence-corrected chi connectivity index (χ1v) is 14.0. The third kappa shape index (κ3) is 10.9. The number of hydrogen-bond acceptors (Lipinski definition) is 10. The highest BCUT2D eigenvalue weighted by Crippen LogP contribution is 2.32. The van der Waals surface area contributed by atoms with Crippen molar-refractivity contribution in [2.75, 3.05) is 46.4 Å². The molecule has 0 spiro atoms. The van der Waals surface area contributed by atoms with Crippen molar-refractivity contribution < 1.29 is 42.8 Å². The molecule has 0 aliphatic heterocycles. The second-order valence-corrected chi connectivity index (χ2v) is 10.2. The minimum absolute atomic E-state index is 0.0605. The highest BCUT2D eigenvalue weighted by atomic mass is 32.2. The third-order valence-electron chi connectivity index (χ3n) is 6.18. The van der Waals surface area contributed by atoms with E-state index in [4.69, 9.17) is 23.7 Å². The van der Waals surface area contributed by atoms with E-state index in [1.807, 2.05) is 12.1 Å². The Bertz CT molecular complexity index is 1030. The van der Waals surface area contributed by atoms with Crippen molar-refractivity contribution in [2.24, 2.45) is 11.8 Å². The molecule has 1 aliphatic carbocycles. The van der Waals surface area contributed by atoms with Gasteiger partial charge in [-0.1, -0.05) is 0 Å². The summed E-state index contributed by atoms with van der Waals surface area (Å²) in [6, 6.07) is 14.2. The average Bonchev–Trinajstić information content (AvgIpc) is 2.96. The molecule has 0 aromatic heterocycles. The maximum Gasteiger partial charge on any atom is 0.331 e. The van der Waals surface area contributed by atoms with Gasteiger partial charge in [0, 0.05) is 30.8 Å². The molecule has 0 heterocycles. The van der Waals surface area contributed by atoms with Crippen molar-refractivity contribution in [3.63, 3.8) is 0 Å². The number of esters is 3. The van der Waals surface area contributed by atoms with Gasteiger partial charge in [-0.15, -0.1) is 11.8 Å². The van der Waals surface area contributed by atoms with Gasteiger partial charge in [0.05, 0.1) is 32.2 Å². The van der Waals surface area contributed by atoms with Gasteiger partial charge in [0.1, 0.15) is 23.9 Å². The quantitative estimate of drug-likeness (QED) is 0.132. The van der Waals surface area contributed by atoms with Gasteiger partial charge in [-0.25, -0.2) is 4.79 Å². The van der Waals surface area contributed by atoms with Crippen molar-refractivity contribution in [2.45, 2.75) is 37.0 Å². The van der Waals surface area contributed by atoms with Crippen LogP contribution >= 0.6 is 11.8 Å². The van der Waals surface area contributed by atoms with Gasteiger partial charge < -0.3 is 28.4 Å². The fourth-order valence-electron chi connectivity index (χ4n) is 4.00. The average molecular weight is 561 g/mol. The van der Waals surface area contributed by atoms with Crippen LogP contribution in [0.1, 0.15) is 32.1 Å². The summed E-state index contributed by atoms with van der Waals surface area (Å²) in [5, 5.41) is 0. The topological polar surface area (TPSA) is 107 Å². The zero-order chi connectivity index (χ0) is 27.9. The van der Waals surface area contributed by atoms with Crippen molar-refractivity contribution in [3.05, 3.63) is 48.5 Å². The van der Waals surface area contributed by atoms with Gasteiger partial charge in [-0.05, 0) is 74.2 Å². The van der Waals surface area contributed by atoms with Crippen LogP contribution in [-0.4, -0.2) is 64.3 Å². The van der Waals surface area contributed by atoms with Crippen LogP contribution < -0.4 is 14.2 Å². The molecule has 9 nitrogen and oxygen atoms in total. The maximum absolute atomic E-state index is 12.7. The van der Waals surface area contributed by atoms with E-state index in [2.05, 4.69) is 4.74 Å². The predicted molar refractivity (Wildman–Crippen MR) is 145 cm³/mol. The van der Waals surface area contributed by atoms with Gasteiger partial charge in [0.15, 0.2) is 0 Å². The molecular weight excluding hydrogens is 524 g/mol. The molecule has 0 atom stereocenters. The monoisotopic (exact) mass is 560 g/mol. The maximum atomic E-state index is 12.7. The molecule has 0 amide bonds. The SMILES string of the molecule is COCCCOc1ccc(OC(=O)[C@H]2CC[C@H](C(=O)Oc3ccc(SCCOCC(=O)OC)cc3)CC2)cc1. The molecule has 0 bridgehead atoms. The van der Waals surface area contributed by atoms with Crippen molar-refractivity contribution in [1.82, 2.24) is 0 Å². The van der Waals surface area contributed by atoms with Crippen LogP contribution in [0.2, 0.25) is 0 Å². The van der Waals surface area contributed by atoms with E-state index in [9.17, 15) is 14.4 Å². The van der Waals surface area contributed by atoms with Crippen LogP contribution in [0.5, 0.6) is 17.2 Å². The molecule has 2 aromatic rings. The molecule has 1 saturated carbocycles. The Morgan fingerprint density at radius 3 is 1.82 bits per heavy atom. The Hall–Kier alpha value is -3.08. The molecule has 0 radical (unpaired) electrons. The van der Waals surface area contributed by atoms with Crippen LogP contribution in [0.15, 0.2) is 53.4 Å². The first-order valence-electron chi connectivity index (χ1n) is 13.0. The lowest BCUT2D eigenvalue weighted by Gasteiger charge is -2.25. The number of ether oxygens (including phenoxy) is 6. The summed E-state index contributed by atoms with van der Waals surface area (Å²) in [4.78, 5) is 37.3. The van der Waals surface area contributed by atoms with Crippen LogP contribution in [0, 0.1) is 11.8 Å². The van der Waals surface area contributed by atoms with Gasteiger partial charge in [-0.2, -0.15) is 0 Å². The third-order valence-corrected chi connectivity index (χ3v) is 7.16. The number of methoxy groups -OCH3 is 2. The second kappa shape index (κ2) is 16.8. The summed E-state index contributed by atoms with van der Waals surface area (Å²) >= 11 is 1.57. The van der Waals surface area contributed by atoms with E-state index in [0.717, 1.165) is 11.3 Å². The largest absolute Gasteiger partial charge is 0.494 e. The summed E-state index contributed by atoms with van der Waals surface area (Å²) in [7, 11) is 2.97. The van der Waals surface area contributed by atoms with Crippen LogP contribution in [0.25, 0.3) is 0 Å². The molecule has 0 unspecified atom stereocenters. The molecule has 0 N–H and O–H groups in total. The lowest BCUT2D eigenvalue weighted by Crippen LogP contribution is -2.30. The molecule has 10 heteroatoms. The highest BCUT2D eigenvalue weighted by Gasteiger charge is 2.32. The van der Waals surface area contributed by atoms with Gasteiger partial charge in [0.25, 0.3) is 0 Å². The Morgan fingerprint density at radius 2 is 1.28 bits per heavy atom. The van der Waals surface area contributed by atoms with Crippen LogP contribution in [0.3, 0.4) is 0 Å². The molecular formula is C29H36O9S. The van der Waals surface area contributed by atoms with E-state index >= 15 is 0 Å². The second-order valence-electron chi connectivity index (χ2n) is 9.01. The summed E-state index contributed by atoms with van der Waals surface area (Å²) in [5.41, 5.74) is 0. The molecule has 0 saturated heterocycles. The van der Waals surface area contributed by atoms with E-state index in [1.165, 1.54) is 7.11 Å². The molecule has 1 fully saturated rings. The lowest BCUT2D eigenvalue weighted by atomic mass is 9.82. The number of carbonyl (C=O) groups is 3. The van der Waals surface area contributed by atoms with Crippen molar-refractivity contribution in [1.29, 1.82) is 0 Å². The van der Waals surface area contributed by atoms with Crippen molar-refractivity contribution in [3.8, 4) is 17.2 Å². The number of carbonyl (C=O) groups excluding carboxylic acids is 3. The number of rotatable bonds is 15. The predicted octanol–water partition coefficient (Wildman–Crippen LogP) is 4.70. The lowest BCUT2D eigenvalue weighted by molar-refractivity contribution is -0.145. The normalized spacial score (nSPS) is 16.8. The molecule has 3 rings (SSSR count). The number of benzene rings is 2. The first kappa shape index (κ1) is 30.5. The molecule has 2 aromatic carbocycles. The molecule has 39 heavy (non-hydrogen) atoms. The summed E-state index contributed by atoms with van der Waals surface area (Å²) in [5.74, 6) is 0.897. The smallest absolute Gasteiger partial charge is 0.331 e.